The highest BCUT2D eigenvalue weighted by Gasteiger charge is 2.00. The van der Waals surface area contributed by atoms with Crippen LogP contribution in [0, 0.1) is 6.92 Å². The molecule has 2 aromatic heterocycles. The van der Waals surface area contributed by atoms with E-state index in [1.165, 1.54) is 15.4 Å². The van der Waals surface area contributed by atoms with Gasteiger partial charge in [-0.25, -0.2) is 4.98 Å². The molecule has 0 aliphatic heterocycles. The van der Waals surface area contributed by atoms with Crippen LogP contribution in [0.3, 0.4) is 0 Å². The fourth-order valence-electron chi connectivity index (χ4n) is 1.31. The van der Waals surface area contributed by atoms with Crippen molar-refractivity contribution in [1.29, 1.82) is 0 Å². The van der Waals surface area contributed by atoms with Crippen molar-refractivity contribution in [3.8, 4) is 0 Å². The van der Waals surface area contributed by atoms with Gasteiger partial charge < -0.3 is 5.32 Å². The summed E-state index contributed by atoms with van der Waals surface area (Å²) in [5, 5.41) is 3.40. The first-order valence-corrected chi connectivity index (χ1v) is 6.59. The Labute approximate surface area is 97.2 Å². The lowest BCUT2D eigenvalue weighted by Crippen LogP contribution is -2.15. The smallest absolute Gasteiger partial charge is 0.0797 e. The summed E-state index contributed by atoms with van der Waals surface area (Å²) in [5.41, 5.74) is 4.94. The molecule has 0 amide bonds. The molecule has 3 nitrogen and oxygen atoms in total. The number of aryl methyl sites for hydroxylation is 1. The van der Waals surface area contributed by atoms with E-state index >= 15 is 0 Å². The summed E-state index contributed by atoms with van der Waals surface area (Å²) in [4.78, 5) is 10.9. The summed E-state index contributed by atoms with van der Waals surface area (Å²) >= 11 is 3.43. The van der Waals surface area contributed by atoms with Gasteiger partial charge in [0.05, 0.1) is 16.7 Å². The van der Waals surface area contributed by atoms with Crippen molar-refractivity contribution in [2.45, 2.75) is 19.9 Å². The Hall–Kier alpha value is -0.780. The van der Waals surface area contributed by atoms with E-state index in [-0.39, 0.29) is 0 Å². The molecule has 0 bridgehead atoms. The second-order valence-corrected chi connectivity index (χ2v) is 5.17. The second kappa shape index (κ2) is 5.34. The third-order valence-corrected chi connectivity index (χ3v) is 3.93. The molecular weight excluding hydrogens is 226 g/mol. The van der Waals surface area contributed by atoms with Crippen LogP contribution in [-0.2, 0) is 13.0 Å². The van der Waals surface area contributed by atoms with Gasteiger partial charge >= 0.3 is 0 Å². The van der Waals surface area contributed by atoms with Crippen LogP contribution >= 0.6 is 22.7 Å². The number of nitrogens with zero attached hydrogens (tertiary/aromatic N) is 2. The number of hydrogen-bond donors (Lipinski definition) is 1. The van der Waals surface area contributed by atoms with E-state index in [0.29, 0.717) is 0 Å². The van der Waals surface area contributed by atoms with Crippen molar-refractivity contribution < 1.29 is 0 Å². The molecule has 0 radical (unpaired) electrons. The molecule has 1 N–H and O–H groups in total. The molecule has 0 saturated carbocycles. The van der Waals surface area contributed by atoms with E-state index in [9.17, 15) is 0 Å². The van der Waals surface area contributed by atoms with Gasteiger partial charge in [-0.3, -0.25) is 4.98 Å². The first-order valence-electron chi connectivity index (χ1n) is 4.83. The minimum Gasteiger partial charge on any atom is -0.311 e. The summed E-state index contributed by atoms with van der Waals surface area (Å²) in [5.74, 6) is 0. The minimum absolute atomic E-state index is 0.919. The predicted molar refractivity (Wildman–Crippen MR) is 64.4 cm³/mol. The van der Waals surface area contributed by atoms with Crippen LogP contribution in [0.2, 0.25) is 0 Å². The Morgan fingerprint density at radius 2 is 2.27 bits per heavy atom. The van der Waals surface area contributed by atoms with Crippen molar-refractivity contribution >= 4 is 22.7 Å². The monoisotopic (exact) mass is 239 g/mol. The zero-order valence-electron chi connectivity index (χ0n) is 8.56. The summed E-state index contributed by atoms with van der Waals surface area (Å²) in [6, 6.07) is 0. The van der Waals surface area contributed by atoms with Crippen LogP contribution in [0.15, 0.2) is 17.2 Å². The minimum atomic E-state index is 0.919. The van der Waals surface area contributed by atoms with Gasteiger partial charge in [-0.15, -0.1) is 22.7 Å². The van der Waals surface area contributed by atoms with E-state index in [4.69, 9.17) is 0 Å². The standard InChI is InChI=1S/C10H13N3S2/c1-8-10(15-7-13-8)2-3-11-4-9-5-12-6-14-9/h5-7,11H,2-4H2,1H3. The molecule has 0 fully saturated rings. The molecule has 0 unspecified atom stereocenters. The number of thiazole rings is 2. The van der Waals surface area contributed by atoms with Crippen LogP contribution in [0.25, 0.3) is 0 Å². The van der Waals surface area contributed by atoms with E-state index in [2.05, 4.69) is 22.2 Å². The number of rotatable bonds is 5. The van der Waals surface area contributed by atoms with Gasteiger partial charge in [0.1, 0.15) is 0 Å². The van der Waals surface area contributed by atoms with E-state index in [1.54, 1.807) is 22.7 Å². The average molecular weight is 239 g/mol. The summed E-state index contributed by atoms with van der Waals surface area (Å²) in [6.07, 6.45) is 2.98. The third-order valence-electron chi connectivity index (χ3n) is 2.16. The zero-order valence-corrected chi connectivity index (χ0v) is 10.2. The van der Waals surface area contributed by atoms with Crippen molar-refractivity contribution in [3.63, 3.8) is 0 Å². The van der Waals surface area contributed by atoms with Gasteiger partial charge in [-0.05, 0) is 13.3 Å². The fraction of sp³-hybridized carbons (Fsp3) is 0.400. The van der Waals surface area contributed by atoms with Crippen molar-refractivity contribution in [2.75, 3.05) is 6.54 Å². The molecule has 0 atom stereocenters. The largest absolute Gasteiger partial charge is 0.311 e. The molecule has 2 aromatic rings. The van der Waals surface area contributed by atoms with Gasteiger partial charge in [0.15, 0.2) is 0 Å². The molecule has 0 aliphatic carbocycles. The number of nitrogens with one attached hydrogen (secondary N) is 1. The highest BCUT2D eigenvalue weighted by Crippen LogP contribution is 2.12. The normalized spacial score (nSPS) is 10.7. The predicted octanol–water partition coefficient (Wildman–Crippen LogP) is 2.24. The first kappa shape index (κ1) is 10.7. The fourth-order valence-corrected chi connectivity index (χ4v) is 2.65. The van der Waals surface area contributed by atoms with Gasteiger partial charge in [0.2, 0.25) is 0 Å². The van der Waals surface area contributed by atoms with E-state index in [0.717, 1.165) is 19.5 Å². The molecule has 5 heteroatoms. The lowest BCUT2D eigenvalue weighted by Gasteiger charge is -2.01. The maximum Gasteiger partial charge on any atom is 0.0797 e. The molecule has 15 heavy (non-hydrogen) atoms. The van der Waals surface area contributed by atoms with Crippen LogP contribution < -0.4 is 5.32 Å². The van der Waals surface area contributed by atoms with Crippen molar-refractivity contribution in [3.05, 3.63) is 32.7 Å². The molecule has 0 spiro atoms. The SMILES string of the molecule is Cc1ncsc1CCNCc1cncs1. The van der Waals surface area contributed by atoms with Crippen molar-refractivity contribution in [1.82, 2.24) is 15.3 Å². The lowest BCUT2D eigenvalue weighted by atomic mass is 10.3. The molecular formula is C10H13N3S2. The van der Waals surface area contributed by atoms with Gasteiger partial charge in [-0.2, -0.15) is 0 Å². The van der Waals surface area contributed by atoms with E-state index < -0.39 is 0 Å². The first-order chi connectivity index (χ1) is 7.36. The average Bonchev–Trinajstić information content (AvgIpc) is 2.85. The molecule has 0 saturated heterocycles. The van der Waals surface area contributed by atoms with Crippen molar-refractivity contribution in [2.24, 2.45) is 0 Å². The second-order valence-electron chi connectivity index (χ2n) is 3.26. The molecule has 0 aromatic carbocycles. The Bertz CT molecular complexity index is 394. The van der Waals surface area contributed by atoms with Crippen LogP contribution in [-0.4, -0.2) is 16.5 Å². The number of aromatic nitrogens is 2. The Morgan fingerprint density at radius 3 is 2.93 bits per heavy atom. The lowest BCUT2D eigenvalue weighted by molar-refractivity contribution is 0.694. The molecule has 0 aliphatic rings. The number of hydrogen-bond acceptors (Lipinski definition) is 5. The Kier molecular flexibility index (Phi) is 3.82. The van der Waals surface area contributed by atoms with Gasteiger partial charge in [0, 0.05) is 29.0 Å². The van der Waals surface area contributed by atoms with Crippen LogP contribution in [0.5, 0.6) is 0 Å². The quantitative estimate of drug-likeness (QED) is 0.813. The summed E-state index contributed by atoms with van der Waals surface area (Å²) in [6.45, 7) is 3.98. The van der Waals surface area contributed by atoms with Crippen LogP contribution in [0.1, 0.15) is 15.4 Å². The molecule has 2 heterocycles. The molecule has 80 valence electrons. The topological polar surface area (TPSA) is 37.8 Å². The summed E-state index contributed by atoms with van der Waals surface area (Å²) in [7, 11) is 0. The third kappa shape index (κ3) is 3.09. The van der Waals surface area contributed by atoms with E-state index in [1.807, 2.05) is 17.2 Å². The van der Waals surface area contributed by atoms with Gasteiger partial charge in [0.25, 0.3) is 0 Å². The Morgan fingerprint density at radius 1 is 1.33 bits per heavy atom. The Balaban J connectivity index is 1.70. The van der Waals surface area contributed by atoms with Crippen LogP contribution in [0.4, 0.5) is 0 Å². The summed E-state index contributed by atoms with van der Waals surface area (Å²) < 4.78 is 0. The highest BCUT2D eigenvalue weighted by molar-refractivity contribution is 7.09. The zero-order chi connectivity index (χ0) is 10.5. The maximum absolute atomic E-state index is 4.23. The maximum atomic E-state index is 4.23. The molecule has 2 rings (SSSR count). The van der Waals surface area contributed by atoms with Gasteiger partial charge in [-0.1, -0.05) is 0 Å². The highest BCUT2D eigenvalue weighted by atomic mass is 32.1.